The molecule has 0 saturated carbocycles. The van der Waals surface area contributed by atoms with Gasteiger partial charge in [0.15, 0.2) is 0 Å². The molecular weight excluding hydrogens is 256 g/mol. The van der Waals surface area contributed by atoms with Gasteiger partial charge in [0.2, 0.25) is 0 Å². The molecule has 3 rings (SSSR count). The molecule has 0 saturated heterocycles. The number of hydrogen-bond acceptors (Lipinski definition) is 4. The fourth-order valence-corrected chi connectivity index (χ4v) is 2.34. The van der Waals surface area contributed by atoms with Gasteiger partial charge in [-0.25, -0.2) is 0 Å². The van der Waals surface area contributed by atoms with Gasteiger partial charge in [0.1, 0.15) is 15.9 Å². The SMILES string of the molecule is CCn1nc(-c2ccccn2)c2ncccc2c1=S. The van der Waals surface area contributed by atoms with Crippen molar-refractivity contribution in [2.75, 3.05) is 0 Å². The number of rotatable bonds is 2. The van der Waals surface area contributed by atoms with Gasteiger partial charge in [-0.15, -0.1) is 0 Å². The lowest BCUT2D eigenvalue weighted by atomic mass is 10.2. The third kappa shape index (κ3) is 2.02. The Balaban J connectivity index is 2.42. The molecule has 0 spiro atoms. The highest BCUT2D eigenvalue weighted by molar-refractivity contribution is 7.71. The van der Waals surface area contributed by atoms with E-state index in [1.165, 1.54) is 0 Å². The van der Waals surface area contributed by atoms with Gasteiger partial charge in [-0.3, -0.25) is 14.6 Å². The summed E-state index contributed by atoms with van der Waals surface area (Å²) < 4.78 is 2.52. The van der Waals surface area contributed by atoms with Crippen LogP contribution in [0.2, 0.25) is 0 Å². The van der Waals surface area contributed by atoms with E-state index in [2.05, 4.69) is 15.1 Å². The fourth-order valence-electron chi connectivity index (χ4n) is 2.01. The first-order chi connectivity index (χ1) is 9.31. The van der Waals surface area contributed by atoms with Gasteiger partial charge >= 0.3 is 0 Å². The van der Waals surface area contributed by atoms with Crippen LogP contribution in [-0.4, -0.2) is 19.7 Å². The number of hydrogen-bond donors (Lipinski definition) is 0. The lowest BCUT2D eigenvalue weighted by Gasteiger charge is -2.09. The minimum atomic E-state index is 0.713. The van der Waals surface area contributed by atoms with Crippen molar-refractivity contribution >= 4 is 23.1 Å². The van der Waals surface area contributed by atoms with Gasteiger partial charge in [-0.2, -0.15) is 5.10 Å². The molecule has 0 bridgehead atoms. The topological polar surface area (TPSA) is 43.6 Å². The zero-order chi connectivity index (χ0) is 13.2. The summed E-state index contributed by atoms with van der Waals surface area (Å²) in [7, 11) is 0. The van der Waals surface area contributed by atoms with E-state index in [4.69, 9.17) is 12.2 Å². The maximum atomic E-state index is 5.44. The van der Waals surface area contributed by atoms with E-state index in [0.29, 0.717) is 4.64 Å². The minimum absolute atomic E-state index is 0.713. The third-order valence-electron chi connectivity index (χ3n) is 2.92. The van der Waals surface area contributed by atoms with Crippen molar-refractivity contribution in [3.63, 3.8) is 0 Å². The quantitative estimate of drug-likeness (QED) is 0.669. The summed E-state index contributed by atoms with van der Waals surface area (Å²) in [5.74, 6) is 0. The first kappa shape index (κ1) is 11.9. The second-order valence-corrected chi connectivity index (χ2v) is 4.47. The summed E-state index contributed by atoms with van der Waals surface area (Å²) in [6.07, 6.45) is 3.51. The molecule has 0 unspecified atom stereocenters. The van der Waals surface area contributed by atoms with Gasteiger partial charge in [0.25, 0.3) is 0 Å². The van der Waals surface area contributed by atoms with E-state index in [9.17, 15) is 0 Å². The Labute approximate surface area is 115 Å². The maximum Gasteiger partial charge on any atom is 0.136 e. The van der Waals surface area contributed by atoms with E-state index >= 15 is 0 Å². The second kappa shape index (κ2) is 4.85. The Morgan fingerprint density at radius 3 is 2.68 bits per heavy atom. The van der Waals surface area contributed by atoms with Crippen molar-refractivity contribution in [3.8, 4) is 11.4 Å². The number of aromatic nitrogens is 4. The van der Waals surface area contributed by atoms with Crippen LogP contribution in [0, 0.1) is 4.64 Å². The molecule has 4 nitrogen and oxygen atoms in total. The Bertz CT molecular complexity index is 780. The summed E-state index contributed by atoms with van der Waals surface area (Å²) >= 11 is 5.44. The van der Waals surface area contributed by atoms with Gasteiger partial charge in [0, 0.05) is 24.3 Å². The van der Waals surface area contributed by atoms with E-state index in [-0.39, 0.29) is 0 Å². The highest BCUT2D eigenvalue weighted by Crippen LogP contribution is 2.23. The molecule has 94 valence electrons. The summed E-state index contributed by atoms with van der Waals surface area (Å²) in [5.41, 5.74) is 2.38. The monoisotopic (exact) mass is 268 g/mol. The number of fused-ring (bicyclic) bond motifs is 1. The average Bonchev–Trinajstić information content (AvgIpc) is 2.49. The maximum absolute atomic E-state index is 5.44. The van der Waals surface area contributed by atoms with Crippen LogP contribution in [0.3, 0.4) is 0 Å². The molecule has 0 aliphatic heterocycles. The van der Waals surface area contributed by atoms with Crippen LogP contribution < -0.4 is 0 Å². The van der Waals surface area contributed by atoms with Crippen molar-refractivity contribution in [1.82, 2.24) is 19.7 Å². The van der Waals surface area contributed by atoms with Crippen LogP contribution >= 0.6 is 12.2 Å². The highest BCUT2D eigenvalue weighted by atomic mass is 32.1. The summed E-state index contributed by atoms with van der Waals surface area (Å²) in [4.78, 5) is 8.77. The van der Waals surface area contributed by atoms with Crippen molar-refractivity contribution in [2.24, 2.45) is 0 Å². The molecule has 3 heterocycles. The van der Waals surface area contributed by atoms with Crippen molar-refractivity contribution in [3.05, 3.63) is 47.4 Å². The molecule has 0 radical (unpaired) electrons. The van der Waals surface area contributed by atoms with Crippen molar-refractivity contribution in [1.29, 1.82) is 0 Å². The summed E-state index contributed by atoms with van der Waals surface area (Å²) in [5, 5.41) is 5.52. The zero-order valence-corrected chi connectivity index (χ0v) is 11.3. The third-order valence-corrected chi connectivity index (χ3v) is 3.36. The minimum Gasteiger partial charge on any atom is -0.254 e. The Morgan fingerprint density at radius 2 is 1.95 bits per heavy atom. The fraction of sp³-hybridized carbons (Fsp3) is 0.143. The number of aryl methyl sites for hydroxylation is 1. The average molecular weight is 268 g/mol. The molecule has 0 aromatic carbocycles. The molecule has 0 aliphatic rings. The van der Waals surface area contributed by atoms with Crippen LogP contribution in [0.25, 0.3) is 22.3 Å². The molecule has 0 atom stereocenters. The van der Waals surface area contributed by atoms with Crippen LogP contribution in [0.5, 0.6) is 0 Å². The summed E-state index contributed by atoms with van der Waals surface area (Å²) in [6, 6.07) is 9.62. The van der Waals surface area contributed by atoms with Gasteiger partial charge in [-0.05, 0) is 31.2 Å². The van der Waals surface area contributed by atoms with E-state index in [0.717, 1.165) is 28.8 Å². The first-order valence-electron chi connectivity index (χ1n) is 6.08. The Morgan fingerprint density at radius 1 is 1.11 bits per heavy atom. The predicted octanol–water partition coefficient (Wildman–Crippen LogP) is 3.24. The number of nitrogens with zero attached hydrogens (tertiary/aromatic N) is 4. The molecule has 5 heteroatoms. The van der Waals surface area contributed by atoms with Crippen LogP contribution in [-0.2, 0) is 6.54 Å². The molecule has 0 N–H and O–H groups in total. The largest absolute Gasteiger partial charge is 0.254 e. The molecule has 0 aliphatic carbocycles. The normalized spacial score (nSPS) is 10.8. The lowest BCUT2D eigenvalue weighted by Crippen LogP contribution is -2.06. The highest BCUT2D eigenvalue weighted by Gasteiger charge is 2.11. The lowest BCUT2D eigenvalue weighted by molar-refractivity contribution is 0.639. The van der Waals surface area contributed by atoms with Gasteiger partial charge in [-0.1, -0.05) is 18.3 Å². The van der Waals surface area contributed by atoms with Crippen LogP contribution in [0.1, 0.15) is 6.92 Å². The Hall–Kier alpha value is -2.14. The summed E-state index contributed by atoms with van der Waals surface area (Å²) in [6.45, 7) is 2.75. The van der Waals surface area contributed by atoms with E-state index in [1.54, 1.807) is 12.4 Å². The molecular formula is C14H12N4S. The molecule has 3 aromatic rings. The van der Waals surface area contributed by atoms with Crippen LogP contribution in [0.15, 0.2) is 42.7 Å². The molecule has 0 fully saturated rings. The van der Waals surface area contributed by atoms with Crippen LogP contribution in [0.4, 0.5) is 0 Å². The zero-order valence-electron chi connectivity index (χ0n) is 10.4. The first-order valence-corrected chi connectivity index (χ1v) is 6.49. The molecule has 3 aromatic heterocycles. The van der Waals surface area contributed by atoms with Gasteiger partial charge in [0.05, 0.1) is 5.69 Å². The van der Waals surface area contributed by atoms with Crippen molar-refractivity contribution < 1.29 is 0 Å². The predicted molar refractivity (Wildman–Crippen MR) is 77.3 cm³/mol. The molecule has 19 heavy (non-hydrogen) atoms. The molecule has 0 amide bonds. The van der Waals surface area contributed by atoms with Crippen molar-refractivity contribution in [2.45, 2.75) is 13.5 Å². The van der Waals surface area contributed by atoms with E-state index < -0.39 is 0 Å². The standard InChI is InChI=1S/C14H12N4S/c1-2-18-14(19)10-6-5-9-16-12(10)13(17-18)11-7-3-4-8-15-11/h3-9H,2H2,1H3. The van der Waals surface area contributed by atoms with Gasteiger partial charge < -0.3 is 0 Å². The Kier molecular flexibility index (Phi) is 3.05. The number of pyridine rings is 2. The van der Waals surface area contributed by atoms with E-state index in [1.807, 2.05) is 41.9 Å². The second-order valence-electron chi connectivity index (χ2n) is 4.08. The smallest absolute Gasteiger partial charge is 0.136 e.